The number of phenolic OH excluding ortho intramolecular Hbond substituents is 1. The standard InChI is InChI=1S/C22H27N3O3.C9H12.2C2H6/c1-3-16(2)20-12-17(19-6-4-5-7-21(19)27)13-22(24-20)23-18-8-10-25(11-9-18)14-28-15-26;1-3-9-6-4-8(2)5-7-9;2*1-2/h3-7,12-13,15,18,23-24,27H,1,8-11,14H2,2H3;4-7H,3H2,1-2H3;2*1-2H3/b20-16-;;;. The number of benzene rings is 2. The third-order valence-corrected chi connectivity index (χ3v) is 6.62. The van der Waals surface area contributed by atoms with Crippen molar-refractivity contribution in [2.75, 3.05) is 19.8 Å². The molecule has 0 spiro atoms. The highest BCUT2D eigenvalue weighted by Gasteiger charge is 2.21. The maximum absolute atomic E-state index is 10.3. The van der Waals surface area contributed by atoms with E-state index in [1.165, 1.54) is 11.1 Å². The van der Waals surface area contributed by atoms with Gasteiger partial charge in [0.05, 0.1) is 0 Å². The van der Waals surface area contributed by atoms with E-state index in [9.17, 15) is 9.90 Å². The molecule has 0 atom stereocenters. The Morgan fingerprint density at radius 3 is 2.27 bits per heavy atom. The van der Waals surface area contributed by atoms with E-state index in [4.69, 9.17) is 4.74 Å². The Hall–Kier alpha value is -3.77. The summed E-state index contributed by atoms with van der Waals surface area (Å²) in [4.78, 5) is 12.5. The number of carbonyl (C=O) groups is 1. The summed E-state index contributed by atoms with van der Waals surface area (Å²) in [5.41, 5.74) is 6.47. The smallest absolute Gasteiger partial charge is 0.294 e. The van der Waals surface area contributed by atoms with Crippen LogP contribution < -0.4 is 10.6 Å². The molecule has 0 aliphatic carbocycles. The van der Waals surface area contributed by atoms with Gasteiger partial charge in [-0.2, -0.15) is 0 Å². The van der Waals surface area contributed by atoms with Crippen LogP contribution in [0.5, 0.6) is 5.75 Å². The molecule has 2 aliphatic rings. The van der Waals surface area contributed by atoms with Gasteiger partial charge in [0.25, 0.3) is 6.47 Å². The van der Waals surface area contributed by atoms with Crippen molar-refractivity contribution in [2.24, 2.45) is 0 Å². The second-order valence-corrected chi connectivity index (χ2v) is 9.37. The molecule has 41 heavy (non-hydrogen) atoms. The highest BCUT2D eigenvalue weighted by molar-refractivity contribution is 5.81. The highest BCUT2D eigenvalue weighted by atomic mass is 16.5. The van der Waals surface area contributed by atoms with Crippen molar-refractivity contribution in [3.8, 4) is 5.75 Å². The molecule has 2 aromatic carbocycles. The van der Waals surface area contributed by atoms with E-state index in [1.807, 2.05) is 71.0 Å². The molecular formula is C35H51N3O3. The van der Waals surface area contributed by atoms with Crippen molar-refractivity contribution in [3.63, 3.8) is 0 Å². The third-order valence-electron chi connectivity index (χ3n) is 6.62. The largest absolute Gasteiger partial charge is 0.507 e. The minimum atomic E-state index is 0.255. The summed E-state index contributed by atoms with van der Waals surface area (Å²) in [6, 6.07) is 16.3. The first kappa shape index (κ1) is 35.3. The Morgan fingerprint density at radius 1 is 1.07 bits per heavy atom. The number of carbonyl (C=O) groups excluding carboxylic acids is 1. The molecule has 0 saturated carbocycles. The van der Waals surface area contributed by atoms with E-state index < -0.39 is 0 Å². The van der Waals surface area contributed by atoms with E-state index in [0.717, 1.165) is 60.6 Å². The number of aromatic hydroxyl groups is 1. The number of nitrogens with zero attached hydrogens (tertiary/aromatic N) is 1. The molecule has 0 bridgehead atoms. The molecule has 0 amide bonds. The molecule has 0 radical (unpaired) electrons. The minimum Gasteiger partial charge on any atom is -0.507 e. The van der Waals surface area contributed by atoms with E-state index >= 15 is 0 Å². The maximum Gasteiger partial charge on any atom is 0.294 e. The van der Waals surface area contributed by atoms with Gasteiger partial charge in [0.2, 0.25) is 0 Å². The number of phenols is 1. The number of ether oxygens (including phenoxy) is 1. The first-order valence-corrected chi connectivity index (χ1v) is 14.8. The quantitative estimate of drug-likeness (QED) is 0.290. The van der Waals surface area contributed by atoms with Crippen LogP contribution >= 0.6 is 0 Å². The Balaban J connectivity index is 0.000000541. The Morgan fingerprint density at radius 2 is 1.71 bits per heavy atom. The van der Waals surface area contributed by atoms with Crippen molar-refractivity contribution in [3.05, 3.63) is 107 Å². The molecule has 3 N–H and O–H groups in total. The Labute approximate surface area is 248 Å². The van der Waals surface area contributed by atoms with E-state index in [1.54, 1.807) is 6.07 Å². The summed E-state index contributed by atoms with van der Waals surface area (Å²) in [5.74, 6) is 1.16. The monoisotopic (exact) mass is 561 g/mol. The average molecular weight is 562 g/mol. The maximum atomic E-state index is 10.3. The van der Waals surface area contributed by atoms with Crippen molar-refractivity contribution >= 4 is 12.0 Å². The van der Waals surface area contributed by atoms with Crippen molar-refractivity contribution < 1.29 is 14.6 Å². The molecule has 0 aromatic heterocycles. The lowest BCUT2D eigenvalue weighted by molar-refractivity contribution is -0.133. The van der Waals surface area contributed by atoms with Gasteiger partial charge in [-0.15, -0.1) is 0 Å². The number of para-hydroxylation sites is 1. The number of dihydropyridines is 1. The van der Waals surface area contributed by atoms with Crippen LogP contribution in [0.3, 0.4) is 0 Å². The number of hydrogen-bond acceptors (Lipinski definition) is 6. The van der Waals surface area contributed by atoms with E-state index in [2.05, 4.69) is 60.2 Å². The van der Waals surface area contributed by atoms with Crippen LogP contribution in [0.1, 0.15) is 71.1 Å². The van der Waals surface area contributed by atoms with Gasteiger partial charge in [-0.3, -0.25) is 9.69 Å². The topological polar surface area (TPSA) is 73.8 Å². The number of rotatable bonds is 8. The zero-order chi connectivity index (χ0) is 30.6. The molecule has 1 fully saturated rings. The van der Waals surface area contributed by atoms with E-state index in [0.29, 0.717) is 19.2 Å². The SMILES string of the molecule is C=C/C(C)=C1/C=C(c2ccccc2O)C=C(NC2CCN(COC=O)CC2)N1.CC.CC.CCc1ccc(C)cc1. The van der Waals surface area contributed by atoms with Gasteiger partial charge >= 0.3 is 0 Å². The van der Waals surface area contributed by atoms with Crippen molar-refractivity contribution in [1.82, 2.24) is 15.5 Å². The molecule has 2 aliphatic heterocycles. The highest BCUT2D eigenvalue weighted by Crippen LogP contribution is 2.30. The fourth-order valence-corrected chi connectivity index (χ4v) is 4.23. The third kappa shape index (κ3) is 12.1. The molecule has 224 valence electrons. The lowest BCUT2D eigenvalue weighted by Gasteiger charge is -2.33. The van der Waals surface area contributed by atoms with Gasteiger partial charge in [0.15, 0.2) is 0 Å². The number of aryl methyl sites for hydroxylation is 2. The van der Waals surface area contributed by atoms with Crippen molar-refractivity contribution in [1.29, 1.82) is 0 Å². The van der Waals surface area contributed by atoms with Crippen LogP contribution in [-0.4, -0.2) is 42.3 Å². The zero-order valence-corrected chi connectivity index (χ0v) is 26.2. The minimum absolute atomic E-state index is 0.255. The van der Waals surface area contributed by atoms with Crippen LogP contribution in [0.15, 0.2) is 90.4 Å². The van der Waals surface area contributed by atoms with Crippen LogP contribution in [0, 0.1) is 6.92 Å². The van der Waals surface area contributed by atoms with E-state index in [-0.39, 0.29) is 5.75 Å². The summed E-state index contributed by atoms with van der Waals surface area (Å²) in [6.45, 7) is 20.7. The zero-order valence-electron chi connectivity index (χ0n) is 26.2. The second kappa shape index (κ2) is 20.2. The molecule has 6 nitrogen and oxygen atoms in total. The molecule has 0 unspecified atom stereocenters. The number of hydrogen-bond donors (Lipinski definition) is 3. The molecule has 1 saturated heterocycles. The predicted octanol–water partition coefficient (Wildman–Crippen LogP) is 7.47. The number of piperidine rings is 1. The Bertz CT molecular complexity index is 1140. The van der Waals surface area contributed by atoms with Crippen LogP contribution in [0.2, 0.25) is 0 Å². The molecule has 6 heteroatoms. The van der Waals surface area contributed by atoms with Gasteiger partial charge in [0.1, 0.15) is 18.3 Å². The first-order chi connectivity index (χ1) is 19.9. The molecular weight excluding hydrogens is 510 g/mol. The van der Waals surface area contributed by atoms with Gasteiger partial charge in [-0.1, -0.05) is 95.3 Å². The summed E-state index contributed by atoms with van der Waals surface area (Å²) < 4.78 is 4.84. The number of likely N-dealkylation sites (tertiary alicyclic amines) is 1. The van der Waals surface area contributed by atoms with Gasteiger partial charge in [0, 0.05) is 30.4 Å². The van der Waals surface area contributed by atoms with Gasteiger partial charge in [-0.25, -0.2) is 0 Å². The van der Waals surface area contributed by atoms with Crippen LogP contribution in [0.4, 0.5) is 0 Å². The summed E-state index contributed by atoms with van der Waals surface area (Å²) in [6.07, 6.45) is 8.91. The summed E-state index contributed by atoms with van der Waals surface area (Å²) in [7, 11) is 0. The lowest BCUT2D eigenvalue weighted by atomic mass is 9.99. The van der Waals surface area contributed by atoms with Crippen molar-refractivity contribution in [2.45, 2.75) is 73.8 Å². The average Bonchev–Trinajstić information content (AvgIpc) is 3.03. The fourth-order valence-electron chi connectivity index (χ4n) is 4.23. The van der Waals surface area contributed by atoms with Gasteiger partial charge in [-0.05, 0) is 68.0 Å². The second-order valence-electron chi connectivity index (χ2n) is 9.37. The van der Waals surface area contributed by atoms with Crippen LogP contribution in [-0.2, 0) is 16.0 Å². The fraction of sp³-hybridized carbons (Fsp3) is 0.400. The lowest BCUT2D eigenvalue weighted by Crippen LogP contribution is -2.45. The number of nitrogens with one attached hydrogen (secondary N) is 2. The molecule has 2 aromatic rings. The first-order valence-electron chi connectivity index (χ1n) is 14.8. The Kier molecular flexibility index (Phi) is 17.3. The summed E-state index contributed by atoms with van der Waals surface area (Å²) >= 11 is 0. The van der Waals surface area contributed by atoms with Crippen LogP contribution in [0.25, 0.3) is 5.57 Å². The predicted molar refractivity (Wildman–Crippen MR) is 173 cm³/mol. The van der Waals surface area contributed by atoms with Gasteiger partial charge < -0.3 is 20.5 Å². The summed E-state index contributed by atoms with van der Waals surface area (Å²) in [5, 5.41) is 17.3. The number of allylic oxidation sites excluding steroid dienone is 5. The molecule has 4 rings (SSSR count). The normalized spacial score (nSPS) is 15.9. The molecule has 2 heterocycles.